The van der Waals surface area contributed by atoms with E-state index in [4.69, 9.17) is 0 Å². The minimum absolute atomic E-state index is 0.0116. The molecule has 0 fully saturated rings. The number of carbonyl (C=O) groups excluding carboxylic acids is 2. The molecule has 7 heteroatoms. The Balaban J connectivity index is 1.45. The lowest BCUT2D eigenvalue weighted by Gasteiger charge is -2.28. The summed E-state index contributed by atoms with van der Waals surface area (Å²) in [6, 6.07) is 5.18. The fourth-order valence-corrected chi connectivity index (χ4v) is 4.27. The third kappa shape index (κ3) is 2.43. The molecular weight excluding hydrogens is 348 g/mol. The Morgan fingerprint density at radius 1 is 1.23 bits per heavy atom. The van der Waals surface area contributed by atoms with Gasteiger partial charge in [0.25, 0.3) is 11.8 Å². The van der Waals surface area contributed by atoms with E-state index in [1.807, 2.05) is 12.2 Å². The van der Waals surface area contributed by atoms with E-state index >= 15 is 0 Å². The van der Waals surface area contributed by atoms with Crippen LogP contribution in [0.1, 0.15) is 29.6 Å². The van der Waals surface area contributed by atoms with Crippen molar-refractivity contribution in [2.24, 2.45) is 10.9 Å². The normalized spacial score (nSPS) is 23.1. The Bertz CT molecular complexity index is 1090. The molecule has 5 rings (SSSR count). The van der Waals surface area contributed by atoms with Crippen molar-refractivity contribution in [1.29, 1.82) is 0 Å². The lowest BCUT2D eigenvalue weighted by Crippen LogP contribution is -2.35. The summed E-state index contributed by atoms with van der Waals surface area (Å²) in [5.41, 5.74) is 5.43. The molecule has 1 aromatic heterocycles. The average Bonchev–Trinajstić information content (AvgIpc) is 3.30. The molecule has 6 nitrogen and oxygen atoms in total. The Labute approximate surface area is 153 Å². The van der Waals surface area contributed by atoms with Crippen LogP contribution in [-0.2, 0) is 4.79 Å². The molecule has 0 saturated heterocycles. The predicted molar refractivity (Wildman–Crippen MR) is 98.9 cm³/mol. The van der Waals surface area contributed by atoms with Crippen LogP contribution in [-0.4, -0.2) is 26.3 Å². The van der Waals surface area contributed by atoms with E-state index in [-0.39, 0.29) is 17.7 Å². The molecular formula is C19H14N4O2S. The second kappa shape index (κ2) is 5.81. The van der Waals surface area contributed by atoms with Gasteiger partial charge in [-0.3, -0.25) is 9.59 Å². The second-order valence-corrected chi connectivity index (χ2v) is 7.09. The van der Waals surface area contributed by atoms with Crippen LogP contribution in [0.3, 0.4) is 0 Å². The van der Waals surface area contributed by atoms with Crippen molar-refractivity contribution < 1.29 is 9.59 Å². The average molecular weight is 362 g/mol. The van der Waals surface area contributed by atoms with Gasteiger partial charge in [-0.05, 0) is 55.2 Å². The van der Waals surface area contributed by atoms with Gasteiger partial charge in [0.1, 0.15) is 11.0 Å². The maximum Gasteiger partial charge on any atom is 0.277 e. The third-order valence-electron chi connectivity index (χ3n) is 5.00. The fraction of sp³-hybridized carbons (Fsp3) is 0.211. The van der Waals surface area contributed by atoms with Crippen LogP contribution in [0.4, 0.5) is 0 Å². The predicted octanol–water partition coefficient (Wildman–Crippen LogP) is 2.95. The van der Waals surface area contributed by atoms with Gasteiger partial charge in [0, 0.05) is 22.8 Å². The summed E-state index contributed by atoms with van der Waals surface area (Å²) in [6.07, 6.45) is 8.52. The van der Waals surface area contributed by atoms with E-state index in [9.17, 15) is 9.59 Å². The molecule has 0 bridgehead atoms. The summed E-state index contributed by atoms with van der Waals surface area (Å²) < 4.78 is 8.28. The molecule has 1 N–H and O–H groups in total. The number of hydrogen-bond acceptors (Lipinski definition) is 5. The molecule has 2 heterocycles. The second-order valence-electron chi connectivity index (χ2n) is 6.56. The Morgan fingerprint density at radius 3 is 3.04 bits per heavy atom. The van der Waals surface area contributed by atoms with Crippen molar-refractivity contribution in [2.75, 3.05) is 0 Å². The topological polar surface area (TPSA) is 84.3 Å². The molecule has 2 aliphatic carbocycles. The van der Waals surface area contributed by atoms with Crippen molar-refractivity contribution in [3.63, 3.8) is 0 Å². The highest BCUT2D eigenvalue weighted by atomic mass is 32.1. The summed E-state index contributed by atoms with van der Waals surface area (Å²) in [5.74, 6) is -0.239. The fourth-order valence-electron chi connectivity index (χ4n) is 3.76. The van der Waals surface area contributed by atoms with Crippen LogP contribution >= 0.6 is 11.7 Å². The summed E-state index contributed by atoms with van der Waals surface area (Å²) in [4.78, 5) is 28.9. The molecule has 0 saturated carbocycles. The number of benzene rings is 1. The van der Waals surface area contributed by atoms with E-state index in [0.717, 1.165) is 47.8 Å². The van der Waals surface area contributed by atoms with Crippen LogP contribution in [0.25, 0.3) is 11.0 Å². The highest BCUT2D eigenvalue weighted by Crippen LogP contribution is 2.39. The van der Waals surface area contributed by atoms with Crippen LogP contribution in [0, 0.1) is 5.92 Å². The lowest BCUT2D eigenvalue weighted by molar-refractivity contribution is -0.117. The third-order valence-corrected chi connectivity index (χ3v) is 5.55. The van der Waals surface area contributed by atoms with Crippen molar-refractivity contribution in [3.05, 3.63) is 58.8 Å². The van der Waals surface area contributed by atoms with Crippen molar-refractivity contribution in [3.8, 4) is 0 Å². The van der Waals surface area contributed by atoms with E-state index in [2.05, 4.69) is 19.1 Å². The summed E-state index contributed by atoms with van der Waals surface area (Å²) in [7, 11) is 0. The number of aliphatic imine (C=N–C) groups is 1. The van der Waals surface area contributed by atoms with Gasteiger partial charge in [-0.15, -0.1) is 0 Å². The van der Waals surface area contributed by atoms with Gasteiger partial charge in [0.15, 0.2) is 0 Å². The monoisotopic (exact) mass is 362 g/mol. The highest BCUT2D eigenvalue weighted by molar-refractivity contribution is 7.00. The van der Waals surface area contributed by atoms with Gasteiger partial charge in [-0.25, -0.2) is 4.99 Å². The Morgan fingerprint density at radius 2 is 2.12 bits per heavy atom. The first-order valence-electron chi connectivity index (χ1n) is 8.47. The van der Waals surface area contributed by atoms with E-state index in [1.54, 1.807) is 24.3 Å². The SMILES string of the molecule is O=C1NC2=CC(=NC(=O)c3ccc4nsnc4c3)C=CC2C2=C1CCC2. The number of nitrogens with one attached hydrogen (secondary N) is 1. The molecule has 0 spiro atoms. The van der Waals surface area contributed by atoms with Crippen molar-refractivity contribution in [2.45, 2.75) is 19.3 Å². The van der Waals surface area contributed by atoms with Crippen LogP contribution in [0.15, 0.2) is 58.3 Å². The Hall–Kier alpha value is -2.93. The smallest absolute Gasteiger partial charge is 0.277 e. The number of allylic oxidation sites excluding steroid dienone is 3. The number of nitrogens with zero attached hydrogens (tertiary/aromatic N) is 3. The molecule has 26 heavy (non-hydrogen) atoms. The number of amides is 2. The first-order chi connectivity index (χ1) is 12.7. The molecule has 1 aliphatic heterocycles. The van der Waals surface area contributed by atoms with Crippen LogP contribution in [0.5, 0.6) is 0 Å². The molecule has 2 amide bonds. The molecule has 2 aromatic rings. The molecule has 3 aliphatic rings. The summed E-state index contributed by atoms with van der Waals surface area (Å²) >= 11 is 1.12. The quantitative estimate of drug-likeness (QED) is 0.845. The van der Waals surface area contributed by atoms with Crippen molar-refractivity contribution in [1.82, 2.24) is 14.1 Å². The highest BCUT2D eigenvalue weighted by Gasteiger charge is 2.34. The standard InChI is InChI=1S/C19H14N4O2S/c24-18(10-4-7-15-17(8-10)23-26-22-15)20-11-5-6-13-12-2-1-3-14(12)19(25)21-16(13)9-11/h4-9,13H,1-3H2,(H,21,25). The molecule has 0 radical (unpaired) electrons. The van der Waals surface area contributed by atoms with Gasteiger partial charge >= 0.3 is 0 Å². The summed E-state index contributed by atoms with van der Waals surface area (Å²) in [6.45, 7) is 0. The van der Waals surface area contributed by atoms with Gasteiger partial charge in [0.2, 0.25) is 0 Å². The van der Waals surface area contributed by atoms with Crippen LogP contribution < -0.4 is 5.32 Å². The number of hydrogen-bond donors (Lipinski definition) is 1. The number of carbonyl (C=O) groups is 2. The minimum Gasteiger partial charge on any atom is -0.325 e. The Kier molecular flexibility index (Phi) is 3.43. The molecule has 128 valence electrons. The number of aromatic nitrogens is 2. The summed E-state index contributed by atoms with van der Waals surface area (Å²) in [5, 5.41) is 2.96. The minimum atomic E-state index is -0.335. The first-order valence-corrected chi connectivity index (χ1v) is 9.20. The number of fused-ring (bicyclic) bond motifs is 3. The van der Waals surface area contributed by atoms with Gasteiger partial charge < -0.3 is 5.32 Å². The zero-order valence-corrected chi connectivity index (χ0v) is 14.5. The van der Waals surface area contributed by atoms with E-state index in [1.165, 1.54) is 5.57 Å². The van der Waals surface area contributed by atoms with Crippen molar-refractivity contribution >= 4 is 40.3 Å². The largest absolute Gasteiger partial charge is 0.325 e. The molecule has 1 aromatic carbocycles. The van der Waals surface area contributed by atoms with Gasteiger partial charge in [-0.1, -0.05) is 6.08 Å². The molecule has 1 unspecified atom stereocenters. The van der Waals surface area contributed by atoms with E-state index in [0.29, 0.717) is 16.8 Å². The maximum absolute atomic E-state index is 12.5. The molecule has 1 atom stereocenters. The lowest BCUT2D eigenvalue weighted by atomic mass is 9.85. The number of rotatable bonds is 1. The maximum atomic E-state index is 12.5. The van der Waals surface area contributed by atoms with Gasteiger partial charge in [0.05, 0.1) is 17.4 Å². The first kappa shape index (κ1) is 15.3. The van der Waals surface area contributed by atoms with Crippen LogP contribution in [0.2, 0.25) is 0 Å². The van der Waals surface area contributed by atoms with E-state index < -0.39 is 0 Å². The zero-order valence-electron chi connectivity index (χ0n) is 13.7. The van der Waals surface area contributed by atoms with Gasteiger partial charge in [-0.2, -0.15) is 8.75 Å². The zero-order chi connectivity index (χ0) is 17.7.